The van der Waals surface area contributed by atoms with Crippen molar-refractivity contribution in [1.82, 2.24) is 0 Å². The quantitative estimate of drug-likeness (QED) is 0.598. The number of carboxylic acids is 1. The van der Waals surface area contributed by atoms with Crippen molar-refractivity contribution >= 4 is 33.3 Å². The van der Waals surface area contributed by atoms with Crippen molar-refractivity contribution < 1.29 is 27.5 Å². The number of benzene rings is 2. The monoisotopic (exact) mass is 386 g/mol. The zero-order valence-electron chi connectivity index (χ0n) is 13.7. The fourth-order valence-electron chi connectivity index (χ4n) is 2.21. The van der Waals surface area contributed by atoms with Gasteiger partial charge in [0.2, 0.25) is 0 Å². The highest BCUT2D eigenvalue weighted by molar-refractivity contribution is 7.92. The Morgan fingerprint density at radius 2 is 1.52 bits per heavy atom. The second kappa shape index (κ2) is 7.34. The Balaban J connectivity index is 1.71. The summed E-state index contributed by atoms with van der Waals surface area (Å²) in [6.45, 7) is 0. The van der Waals surface area contributed by atoms with Crippen LogP contribution in [0.3, 0.4) is 0 Å². The van der Waals surface area contributed by atoms with Crippen molar-refractivity contribution in [2.75, 3.05) is 10.0 Å². The van der Waals surface area contributed by atoms with Gasteiger partial charge in [0.1, 0.15) is 0 Å². The van der Waals surface area contributed by atoms with E-state index in [2.05, 4.69) is 10.0 Å². The minimum absolute atomic E-state index is 0.0131. The van der Waals surface area contributed by atoms with Crippen LogP contribution < -0.4 is 10.0 Å². The summed E-state index contributed by atoms with van der Waals surface area (Å²) in [7, 11) is -3.86. The van der Waals surface area contributed by atoms with Gasteiger partial charge in [-0.3, -0.25) is 9.52 Å². The van der Waals surface area contributed by atoms with Crippen LogP contribution in [0, 0.1) is 0 Å². The number of nitrogens with one attached hydrogen (secondary N) is 2. The molecule has 0 aliphatic heterocycles. The fourth-order valence-corrected chi connectivity index (χ4v) is 3.27. The van der Waals surface area contributed by atoms with E-state index in [0.717, 1.165) is 0 Å². The van der Waals surface area contributed by atoms with E-state index >= 15 is 0 Å². The molecular weight excluding hydrogens is 372 g/mol. The number of hydrogen-bond donors (Lipinski definition) is 3. The van der Waals surface area contributed by atoms with E-state index in [1.54, 1.807) is 6.07 Å². The molecular formula is C18H14N2O6S. The van der Waals surface area contributed by atoms with Gasteiger partial charge in [-0.25, -0.2) is 13.2 Å². The normalized spacial score (nSPS) is 11.0. The summed E-state index contributed by atoms with van der Waals surface area (Å²) in [5.74, 6) is -1.41. The first kappa shape index (κ1) is 18.2. The van der Waals surface area contributed by atoms with Crippen molar-refractivity contribution in [3.8, 4) is 0 Å². The summed E-state index contributed by atoms with van der Waals surface area (Å²) < 4.78 is 32.2. The van der Waals surface area contributed by atoms with E-state index < -0.39 is 21.9 Å². The molecule has 138 valence electrons. The van der Waals surface area contributed by atoms with E-state index in [9.17, 15) is 18.0 Å². The maximum atomic E-state index is 12.4. The van der Waals surface area contributed by atoms with Crippen molar-refractivity contribution in [2.45, 2.75) is 4.90 Å². The first-order chi connectivity index (χ1) is 12.8. The van der Waals surface area contributed by atoms with Crippen molar-refractivity contribution in [1.29, 1.82) is 0 Å². The number of carboxylic acid groups (broad SMARTS) is 1. The molecule has 0 radical (unpaired) electrons. The van der Waals surface area contributed by atoms with Gasteiger partial charge in [0.25, 0.3) is 15.9 Å². The molecule has 0 aliphatic carbocycles. The number of furan rings is 1. The second-order valence-electron chi connectivity index (χ2n) is 5.44. The molecule has 3 N–H and O–H groups in total. The molecule has 1 aromatic heterocycles. The highest BCUT2D eigenvalue weighted by atomic mass is 32.2. The minimum atomic E-state index is -3.86. The van der Waals surface area contributed by atoms with E-state index in [4.69, 9.17) is 9.52 Å². The standard InChI is InChI=1S/C18H14N2O6S/c21-17(16-2-1-11-26-16)19-13-7-9-15(10-8-13)27(24,25)20-14-5-3-12(4-6-14)18(22)23/h1-11,20H,(H,19,21)(H,22,23). The van der Waals surface area contributed by atoms with Crippen molar-refractivity contribution in [3.63, 3.8) is 0 Å². The minimum Gasteiger partial charge on any atom is -0.478 e. The number of carbonyl (C=O) groups excluding carboxylic acids is 1. The number of sulfonamides is 1. The first-order valence-electron chi connectivity index (χ1n) is 7.66. The predicted molar refractivity (Wildman–Crippen MR) is 97.3 cm³/mol. The summed E-state index contributed by atoms with van der Waals surface area (Å²) in [5.41, 5.74) is 0.686. The summed E-state index contributed by atoms with van der Waals surface area (Å²) in [6, 6.07) is 14.0. The van der Waals surface area contributed by atoms with Crippen LogP contribution in [0.4, 0.5) is 11.4 Å². The molecule has 0 bridgehead atoms. The van der Waals surface area contributed by atoms with Gasteiger partial charge in [0, 0.05) is 11.4 Å². The predicted octanol–water partition coefficient (Wildman–Crippen LogP) is 3.03. The third-order valence-electron chi connectivity index (χ3n) is 3.55. The maximum absolute atomic E-state index is 12.4. The highest BCUT2D eigenvalue weighted by Gasteiger charge is 2.15. The third kappa shape index (κ3) is 4.33. The molecule has 3 aromatic rings. The van der Waals surface area contributed by atoms with Gasteiger partial charge in [0.05, 0.1) is 16.7 Å². The van der Waals surface area contributed by atoms with Crippen molar-refractivity contribution in [2.24, 2.45) is 0 Å². The number of aromatic carboxylic acids is 1. The Bertz CT molecular complexity index is 1060. The molecule has 9 heteroatoms. The molecule has 2 aromatic carbocycles. The molecule has 0 fully saturated rings. The zero-order valence-corrected chi connectivity index (χ0v) is 14.6. The lowest BCUT2D eigenvalue weighted by Crippen LogP contribution is -2.14. The zero-order chi connectivity index (χ0) is 19.4. The molecule has 1 amide bonds. The van der Waals surface area contributed by atoms with Crippen LogP contribution in [0.15, 0.2) is 76.2 Å². The molecule has 0 atom stereocenters. The Morgan fingerprint density at radius 1 is 0.889 bits per heavy atom. The van der Waals surface area contributed by atoms with Gasteiger partial charge in [-0.1, -0.05) is 0 Å². The summed E-state index contributed by atoms with van der Waals surface area (Å²) in [5, 5.41) is 11.4. The number of rotatable bonds is 6. The van der Waals surface area contributed by atoms with Crippen LogP contribution in [-0.2, 0) is 10.0 Å². The topological polar surface area (TPSA) is 126 Å². The molecule has 0 unspecified atom stereocenters. The summed E-state index contributed by atoms with van der Waals surface area (Å²) in [4.78, 5) is 22.7. The van der Waals surface area contributed by atoms with Crippen LogP contribution in [0.2, 0.25) is 0 Å². The molecule has 0 spiro atoms. The maximum Gasteiger partial charge on any atom is 0.335 e. The first-order valence-corrected chi connectivity index (χ1v) is 9.14. The molecule has 8 nitrogen and oxygen atoms in total. The van der Waals surface area contributed by atoms with Crippen molar-refractivity contribution in [3.05, 3.63) is 78.3 Å². The molecule has 0 saturated heterocycles. The smallest absolute Gasteiger partial charge is 0.335 e. The van der Waals surface area contributed by atoms with Crippen LogP contribution in [0.25, 0.3) is 0 Å². The Labute approximate surface area is 154 Å². The molecule has 1 heterocycles. The van der Waals surface area contributed by atoms with Gasteiger partial charge in [-0.15, -0.1) is 0 Å². The third-order valence-corrected chi connectivity index (χ3v) is 4.95. The lowest BCUT2D eigenvalue weighted by Gasteiger charge is -2.09. The SMILES string of the molecule is O=C(O)c1ccc(NS(=O)(=O)c2ccc(NC(=O)c3ccco3)cc2)cc1. The highest BCUT2D eigenvalue weighted by Crippen LogP contribution is 2.19. The van der Waals surface area contributed by atoms with Crippen LogP contribution >= 0.6 is 0 Å². The van der Waals surface area contributed by atoms with E-state index in [-0.39, 0.29) is 21.9 Å². The number of hydrogen-bond acceptors (Lipinski definition) is 5. The molecule has 0 saturated carbocycles. The fraction of sp³-hybridized carbons (Fsp3) is 0. The molecule has 0 aliphatic rings. The van der Waals surface area contributed by atoms with Crippen LogP contribution in [0.1, 0.15) is 20.9 Å². The van der Waals surface area contributed by atoms with E-state index in [1.807, 2.05) is 0 Å². The number of carbonyl (C=O) groups is 2. The summed E-state index contributed by atoms with van der Waals surface area (Å²) in [6.07, 6.45) is 1.37. The van der Waals surface area contributed by atoms with E-state index in [0.29, 0.717) is 5.69 Å². The van der Waals surface area contributed by atoms with Gasteiger partial charge in [0.15, 0.2) is 5.76 Å². The Morgan fingerprint density at radius 3 is 2.07 bits per heavy atom. The van der Waals surface area contributed by atoms with Gasteiger partial charge >= 0.3 is 5.97 Å². The van der Waals surface area contributed by atoms with E-state index in [1.165, 1.54) is 60.9 Å². The van der Waals surface area contributed by atoms with Gasteiger partial charge < -0.3 is 14.8 Å². The molecule has 27 heavy (non-hydrogen) atoms. The van der Waals surface area contributed by atoms with Crippen LogP contribution in [0.5, 0.6) is 0 Å². The summed E-state index contributed by atoms with van der Waals surface area (Å²) >= 11 is 0. The largest absolute Gasteiger partial charge is 0.478 e. The average molecular weight is 386 g/mol. The Hall–Kier alpha value is -3.59. The number of amides is 1. The van der Waals surface area contributed by atoms with Gasteiger partial charge in [-0.05, 0) is 60.7 Å². The lowest BCUT2D eigenvalue weighted by molar-refractivity contribution is 0.0696. The van der Waals surface area contributed by atoms with Crippen LogP contribution in [-0.4, -0.2) is 25.4 Å². The average Bonchev–Trinajstić information content (AvgIpc) is 3.17. The Kier molecular flexibility index (Phi) is 4.95. The lowest BCUT2D eigenvalue weighted by atomic mass is 10.2. The van der Waals surface area contributed by atoms with Gasteiger partial charge in [-0.2, -0.15) is 0 Å². The number of anilines is 2. The molecule has 3 rings (SSSR count). The second-order valence-corrected chi connectivity index (χ2v) is 7.13.